The van der Waals surface area contributed by atoms with Crippen molar-refractivity contribution in [3.05, 3.63) is 16.6 Å². The molecule has 1 N–H and O–H groups in total. The van der Waals surface area contributed by atoms with Crippen molar-refractivity contribution in [2.75, 3.05) is 7.05 Å². The van der Waals surface area contributed by atoms with Crippen molar-refractivity contribution in [3.63, 3.8) is 0 Å². The van der Waals surface area contributed by atoms with Gasteiger partial charge < -0.3 is 4.90 Å². The first-order valence-corrected chi connectivity index (χ1v) is 4.22. The highest BCUT2D eigenvalue weighted by Crippen LogP contribution is 2.07. The van der Waals surface area contributed by atoms with Crippen LogP contribution in [-0.4, -0.2) is 22.8 Å². The summed E-state index contributed by atoms with van der Waals surface area (Å²) in [4.78, 5) is 7.03. The lowest BCUT2D eigenvalue weighted by Crippen LogP contribution is -2.21. The maximum absolute atomic E-state index is 7.31. The Kier molecular flexibility index (Phi) is 2.59. The van der Waals surface area contributed by atoms with E-state index in [9.17, 15) is 0 Å². The second kappa shape index (κ2) is 3.48. The minimum absolute atomic E-state index is 0.582. The van der Waals surface area contributed by atoms with Gasteiger partial charge in [0.15, 0.2) is 0 Å². The molecule has 0 bridgehead atoms. The van der Waals surface area contributed by atoms with Gasteiger partial charge in [0.05, 0.1) is 17.9 Å². The van der Waals surface area contributed by atoms with E-state index in [2.05, 4.69) is 4.98 Å². The molecule has 11 heavy (non-hydrogen) atoms. The SMILES string of the molecule is CC(=N)N(C)Cc1cncs1. The standard InChI is InChI=1S/C7H11N3S/c1-6(8)10(2)4-7-3-9-5-11-7/h3,5,8H,4H2,1-2H3. The fourth-order valence-corrected chi connectivity index (χ4v) is 1.32. The summed E-state index contributed by atoms with van der Waals surface area (Å²) in [6, 6.07) is 0. The second-order valence-electron chi connectivity index (χ2n) is 2.41. The van der Waals surface area contributed by atoms with Gasteiger partial charge >= 0.3 is 0 Å². The fraction of sp³-hybridized carbons (Fsp3) is 0.429. The van der Waals surface area contributed by atoms with Gasteiger partial charge in [-0.05, 0) is 6.92 Å². The summed E-state index contributed by atoms with van der Waals surface area (Å²) in [7, 11) is 1.90. The predicted octanol–water partition coefficient (Wildman–Crippen LogP) is 1.57. The molecule has 0 atom stereocenters. The average Bonchev–Trinajstić information content (AvgIpc) is 2.39. The van der Waals surface area contributed by atoms with Gasteiger partial charge in [0, 0.05) is 18.1 Å². The van der Waals surface area contributed by atoms with E-state index in [1.54, 1.807) is 18.3 Å². The largest absolute Gasteiger partial charge is 0.359 e. The third kappa shape index (κ3) is 2.31. The van der Waals surface area contributed by atoms with Crippen molar-refractivity contribution in [2.45, 2.75) is 13.5 Å². The average molecular weight is 169 g/mol. The Balaban J connectivity index is 2.50. The van der Waals surface area contributed by atoms with Crippen molar-refractivity contribution in [1.82, 2.24) is 9.88 Å². The third-order valence-electron chi connectivity index (χ3n) is 1.45. The van der Waals surface area contributed by atoms with Crippen molar-refractivity contribution < 1.29 is 0 Å². The highest BCUT2D eigenvalue weighted by atomic mass is 32.1. The monoisotopic (exact) mass is 169 g/mol. The van der Waals surface area contributed by atoms with E-state index in [4.69, 9.17) is 5.41 Å². The number of hydrogen-bond donors (Lipinski definition) is 1. The van der Waals surface area contributed by atoms with Crippen LogP contribution in [0.5, 0.6) is 0 Å². The van der Waals surface area contributed by atoms with Crippen molar-refractivity contribution in [1.29, 1.82) is 5.41 Å². The van der Waals surface area contributed by atoms with E-state index in [0.29, 0.717) is 5.84 Å². The van der Waals surface area contributed by atoms with Gasteiger partial charge in [0.1, 0.15) is 0 Å². The lowest BCUT2D eigenvalue weighted by Gasteiger charge is -2.14. The van der Waals surface area contributed by atoms with Crippen LogP contribution in [0.4, 0.5) is 0 Å². The summed E-state index contributed by atoms with van der Waals surface area (Å²) < 4.78 is 0. The second-order valence-corrected chi connectivity index (χ2v) is 3.38. The quantitative estimate of drug-likeness (QED) is 0.539. The van der Waals surface area contributed by atoms with Crippen LogP contribution in [0.25, 0.3) is 0 Å². The molecule has 1 rings (SSSR count). The van der Waals surface area contributed by atoms with Crippen LogP contribution in [0.15, 0.2) is 11.7 Å². The number of rotatable bonds is 2. The first kappa shape index (κ1) is 8.20. The summed E-state index contributed by atoms with van der Waals surface area (Å²) in [5, 5.41) is 7.31. The van der Waals surface area contributed by atoms with Gasteiger partial charge in [0.2, 0.25) is 0 Å². The van der Waals surface area contributed by atoms with Gasteiger partial charge in [-0.25, -0.2) is 0 Å². The van der Waals surface area contributed by atoms with Gasteiger partial charge in [-0.3, -0.25) is 10.4 Å². The molecule has 1 aromatic heterocycles. The molecular formula is C7H11N3S. The molecule has 0 aliphatic heterocycles. The van der Waals surface area contributed by atoms with Crippen LogP contribution in [0.1, 0.15) is 11.8 Å². The van der Waals surface area contributed by atoms with E-state index >= 15 is 0 Å². The van der Waals surface area contributed by atoms with Gasteiger partial charge in [0.25, 0.3) is 0 Å². The fourth-order valence-electron chi connectivity index (χ4n) is 0.673. The topological polar surface area (TPSA) is 40.0 Å². The zero-order chi connectivity index (χ0) is 8.27. The van der Waals surface area contributed by atoms with E-state index in [0.717, 1.165) is 6.54 Å². The number of thiazole rings is 1. The minimum Gasteiger partial charge on any atom is -0.359 e. The Labute approximate surface area is 70.2 Å². The zero-order valence-corrected chi connectivity index (χ0v) is 7.48. The number of nitrogens with zero attached hydrogens (tertiary/aromatic N) is 2. The Bertz CT molecular complexity index is 230. The summed E-state index contributed by atoms with van der Waals surface area (Å²) in [5.74, 6) is 0.582. The third-order valence-corrected chi connectivity index (χ3v) is 2.21. The molecule has 0 spiro atoms. The van der Waals surface area contributed by atoms with Gasteiger partial charge in [-0.1, -0.05) is 0 Å². The summed E-state index contributed by atoms with van der Waals surface area (Å²) >= 11 is 1.62. The highest BCUT2D eigenvalue weighted by molar-refractivity contribution is 7.09. The molecule has 1 aromatic rings. The van der Waals surface area contributed by atoms with Crippen molar-refractivity contribution in [2.24, 2.45) is 0 Å². The maximum atomic E-state index is 7.31. The normalized spacial score (nSPS) is 9.64. The lowest BCUT2D eigenvalue weighted by molar-refractivity contribution is 0.499. The maximum Gasteiger partial charge on any atom is 0.0926 e. The summed E-state index contributed by atoms with van der Waals surface area (Å²) in [6.07, 6.45) is 1.84. The van der Waals surface area contributed by atoms with E-state index < -0.39 is 0 Å². The molecule has 3 nitrogen and oxygen atoms in total. The van der Waals surface area contributed by atoms with Crippen LogP contribution < -0.4 is 0 Å². The molecule has 4 heteroatoms. The zero-order valence-electron chi connectivity index (χ0n) is 6.66. The molecule has 0 fully saturated rings. The Morgan fingerprint density at radius 2 is 2.55 bits per heavy atom. The number of aromatic nitrogens is 1. The first-order chi connectivity index (χ1) is 5.20. The number of hydrogen-bond acceptors (Lipinski definition) is 3. The first-order valence-electron chi connectivity index (χ1n) is 3.34. The highest BCUT2D eigenvalue weighted by Gasteiger charge is 2.00. The Hall–Kier alpha value is -0.900. The molecule has 0 unspecified atom stereocenters. The van der Waals surface area contributed by atoms with E-state index in [1.807, 2.05) is 23.7 Å². The molecule has 1 heterocycles. The number of nitrogens with one attached hydrogen (secondary N) is 1. The molecule has 0 aliphatic carbocycles. The van der Waals surface area contributed by atoms with E-state index in [-0.39, 0.29) is 0 Å². The van der Waals surface area contributed by atoms with Crippen molar-refractivity contribution in [3.8, 4) is 0 Å². The molecule has 0 radical (unpaired) electrons. The minimum atomic E-state index is 0.582. The van der Waals surface area contributed by atoms with Crippen molar-refractivity contribution >= 4 is 17.2 Å². The molecular weight excluding hydrogens is 158 g/mol. The van der Waals surface area contributed by atoms with Gasteiger partial charge in [-0.2, -0.15) is 0 Å². The molecule has 0 amide bonds. The van der Waals surface area contributed by atoms with Crippen LogP contribution in [0.3, 0.4) is 0 Å². The lowest BCUT2D eigenvalue weighted by atomic mass is 10.4. The smallest absolute Gasteiger partial charge is 0.0926 e. The molecule has 0 aliphatic rings. The molecule has 0 aromatic carbocycles. The van der Waals surface area contributed by atoms with Crippen LogP contribution in [0, 0.1) is 5.41 Å². The predicted molar refractivity (Wildman–Crippen MR) is 47.0 cm³/mol. The van der Waals surface area contributed by atoms with E-state index in [1.165, 1.54) is 4.88 Å². The Morgan fingerprint density at radius 3 is 3.00 bits per heavy atom. The van der Waals surface area contributed by atoms with Crippen LogP contribution in [-0.2, 0) is 6.54 Å². The van der Waals surface area contributed by atoms with Crippen LogP contribution in [0.2, 0.25) is 0 Å². The summed E-state index contributed by atoms with van der Waals surface area (Å²) in [5.41, 5.74) is 1.81. The molecule has 0 saturated carbocycles. The Morgan fingerprint density at radius 1 is 1.82 bits per heavy atom. The molecule has 0 saturated heterocycles. The summed E-state index contributed by atoms with van der Waals surface area (Å²) in [6.45, 7) is 2.57. The molecule has 60 valence electrons. The van der Waals surface area contributed by atoms with Gasteiger partial charge in [-0.15, -0.1) is 11.3 Å². The number of amidine groups is 1. The van der Waals surface area contributed by atoms with Crippen LogP contribution >= 0.6 is 11.3 Å².